The summed E-state index contributed by atoms with van der Waals surface area (Å²) < 4.78 is 5.26. The number of ether oxygens (including phenoxy) is 1. The zero-order chi connectivity index (χ0) is 9.68. The Hall–Kier alpha value is -1.53. The van der Waals surface area contributed by atoms with E-state index in [1.54, 1.807) is 25.1 Å². The van der Waals surface area contributed by atoms with E-state index in [9.17, 15) is 0 Å². The Bertz CT molecular complexity index is 317. The molecule has 0 aromatic heterocycles. The zero-order valence-corrected chi connectivity index (χ0v) is 7.40. The van der Waals surface area contributed by atoms with Crippen LogP contribution in [0, 0.1) is 11.3 Å². The molecule has 1 aromatic carbocycles. The monoisotopic (exact) mass is 177 g/mol. The highest BCUT2D eigenvalue weighted by molar-refractivity contribution is 5.33. The van der Waals surface area contributed by atoms with E-state index >= 15 is 0 Å². The predicted molar refractivity (Wildman–Crippen MR) is 48.1 cm³/mol. The van der Waals surface area contributed by atoms with Gasteiger partial charge in [0, 0.05) is 5.56 Å². The van der Waals surface area contributed by atoms with E-state index in [4.69, 9.17) is 15.1 Å². The molecule has 0 aliphatic carbocycles. The van der Waals surface area contributed by atoms with Crippen molar-refractivity contribution in [1.82, 2.24) is 0 Å². The van der Waals surface area contributed by atoms with Crippen LogP contribution in [0.2, 0.25) is 0 Å². The van der Waals surface area contributed by atoms with Gasteiger partial charge in [0.1, 0.15) is 11.8 Å². The Morgan fingerprint density at radius 2 is 2.23 bits per heavy atom. The second-order valence-electron chi connectivity index (χ2n) is 2.66. The summed E-state index contributed by atoms with van der Waals surface area (Å²) in [5, 5.41) is 17.5. The molecule has 0 saturated heterocycles. The summed E-state index contributed by atoms with van der Waals surface area (Å²) in [5.41, 5.74) is 0.699. The van der Waals surface area contributed by atoms with Crippen molar-refractivity contribution in [3.63, 3.8) is 0 Å². The molecule has 0 spiro atoms. The summed E-state index contributed by atoms with van der Waals surface area (Å²) >= 11 is 0. The van der Waals surface area contributed by atoms with E-state index in [0.29, 0.717) is 11.3 Å². The van der Waals surface area contributed by atoms with Crippen molar-refractivity contribution in [3.8, 4) is 11.8 Å². The number of nitrogens with zero attached hydrogens (tertiary/aromatic N) is 1. The summed E-state index contributed by atoms with van der Waals surface area (Å²) in [5.74, 6) is 0.569. The molecule has 0 fully saturated rings. The molecule has 0 amide bonds. The fourth-order valence-corrected chi connectivity index (χ4v) is 0.966. The Balaban J connectivity index is 2.82. The summed E-state index contributed by atoms with van der Waals surface area (Å²) in [6.07, 6.45) is -0.493. The van der Waals surface area contributed by atoms with Crippen LogP contribution in [0.4, 0.5) is 0 Å². The summed E-state index contributed by atoms with van der Waals surface area (Å²) in [6.45, 7) is 1.59. The van der Waals surface area contributed by atoms with Gasteiger partial charge >= 0.3 is 0 Å². The minimum atomic E-state index is -0.493. The maximum absolute atomic E-state index is 8.94. The van der Waals surface area contributed by atoms with Crippen LogP contribution in [0.1, 0.15) is 12.5 Å². The highest BCUT2D eigenvalue weighted by atomic mass is 16.5. The number of aliphatic hydroxyl groups is 1. The molecule has 0 radical (unpaired) electrons. The molecule has 68 valence electrons. The fourth-order valence-electron chi connectivity index (χ4n) is 0.966. The smallest absolute Gasteiger partial charge is 0.181 e. The summed E-state index contributed by atoms with van der Waals surface area (Å²) in [6, 6.07) is 9.08. The second-order valence-corrected chi connectivity index (χ2v) is 2.66. The lowest BCUT2D eigenvalue weighted by atomic mass is 10.2. The van der Waals surface area contributed by atoms with E-state index < -0.39 is 6.10 Å². The van der Waals surface area contributed by atoms with Crippen LogP contribution in [-0.4, -0.2) is 11.2 Å². The van der Waals surface area contributed by atoms with Crippen molar-refractivity contribution in [2.75, 3.05) is 0 Å². The molecule has 3 heteroatoms. The van der Waals surface area contributed by atoms with Gasteiger partial charge in [-0.05, 0) is 13.0 Å². The fraction of sp³-hybridized carbons (Fsp3) is 0.300. The first-order valence-corrected chi connectivity index (χ1v) is 4.03. The van der Waals surface area contributed by atoms with Crippen LogP contribution in [0.3, 0.4) is 0 Å². The normalized spacial score (nSPS) is 11.8. The number of hydrogen-bond donors (Lipinski definition) is 1. The third-order valence-corrected chi connectivity index (χ3v) is 1.63. The minimum absolute atomic E-state index is 0.0751. The molecule has 0 bridgehead atoms. The molecule has 0 aliphatic heterocycles. The van der Waals surface area contributed by atoms with Gasteiger partial charge < -0.3 is 9.84 Å². The molecule has 1 rings (SSSR count). The molecule has 0 aliphatic rings. The number of benzene rings is 1. The van der Waals surface area contributed by atoms with Gasteiger partial charge in [-0.1, -0.05) is 18.2 Å². The molecule has 1 aromatic rings. The van der Waals surface area contributed by atoms with Crippen molar-refractivity contribution in [2.24, 2.45) is 0 Å². The van der Waals surface area contributed by atoms with Crippen LogP contribution in [0.15, 0.2) is 24.3 Å². The van der Waals surface area contributed by atoms with Crippen molar-refractivity contribution >= 4 is 0 Å². The van der Waals surface area contributed by atoms with Crippen molar-refractivity contribution in [1.29, 1.82) is 5.26 Å². The largest absolute Gasteiger partial charge is 0.476 e. The van der Waals surface area contributed by atoms with Crippen LogP contribution in [-0.2, 0) is 6.61 Å². The molecular weight excluding hydrogens is 166 g/mol. The Kier molecular flexibility index (Phi) is 3.30. The topological polar surface area (TPSA) is 53.2 Å². The van der Waals surface area contributed by atoms with Gasteiger partial charge in [-0.15, -0.1) is 0 Å². The van der Waals surface area contributed by atoms with Crippen LogP contribution < -0.4 is 4.74 Å². The highest BCUT2D eigenvalue weighted by Gasteiger charge is 2.05. The standard InChI is InChI=1S/C10H11NO2/c1-8(6-11)13-10-5-3-2-4-9(10)7-12/h2-5,8,12H,7H2,1H3. The van der Waals surface area contributed by atoms with Crippen LogP contribution in [0.25, 0.3) is 0 Å². The van der Waals surface area contributed by atoms with Crippen LogP contribution >= 0.6 is 0 Å². The zero-order valence-electron chi connectivity index (χ0n) is 7.40. The van der Waals surface area contributed by atoms with Crippen molar-refractivity contribution < 1.29 is 9.84 Å². The molecule has 1 N–H and O–H groups in total. The third kappa shape index (κ3) is 2.46. The number of hydrogen-bond acceptors (Lipinski definition) is 3. The van der Waals surface area contributed by atoms with Crippen molar-refractivity contribution in [3.05, 3.63) is 29.8 Å². The molecule has 0 saturated carbocycles. The van der Waals surface area contributed by atoms with Gasteiger partial charge in [0.25, 0.3) is 0 Å². The molecule has 0 heterocycles. The number of para-hydroxylation sites is 1. The number of rotatable bonds is 3. The summed E-state index contributed by atoms with van der Waals surface area (Å²) in [4.78, 5) is 0. The average molecular weight is 177 g/mol. The average Bonchev–Trinajstić information content (AvgIpc) is 2.18. The SMILES string of the molecule is CC(C#N)Oc1ccccc1CO. The molecule has 1 unspecified atom stereocenters. The van der Waals surface area contributed by atoms with E-state index in [1.165, 1.54) is 0 Å². The molecule has 13 heavy (non-hydrogen) atoms. The third-order valence-electron chi connectivity index (χ3n) is 1.63. The first-order chi connectivity index (χ1) is 6.27. The molecule has 3 nitrogen and oxygen atoms in total. The lowest BCUT2D eigenvalue weighted by molar-refractivity contribution is 0.247. The van der Waals surface area contributed by atoms with Gasteiger partial charge in [-0.2, -0.15) is 5.26 Å². The van der Waals surface area contributed by atoms with E-state index in [-0.39, 0.29) is 6.61 Å². The first-order valence-electron chi connectivity index (χ1n) is 4.03. The van der Waals surface area contributed by atoms with E-state index in [0.717, 1.165) is 0 Å². The van der Waals surface area contributed by atoms with Gasteiger partial charge in [0.05, 0.1) is 6.61 Å². The van der Waals surface area contributed by atoms with Crippen LogP contribution in [0.5, 0.6) is 5.75 Å². The summed E-state index contributed by atoms with van der Waals surface area (Å²) in [7, 11) is 0. The van der Waals surface area contributed by atoms with Crippen molar-refractivity contribution in [2.45, 2.75) is 19.6 Å². The van der Waals surface area contributed by atoms with Gasteiger partial charge in [-0.25, -0.2) is 0 Å². The Morgan fingerprint density at radius 1 is 1.54 bits per heavy atom. The maximum Gasteiger partial charge on any atom is 0.181 e. The number of aliphatic hydroxyl groups excluding tert-OH is 1. The highest BCUT2D eigenvalue weighted by Crippen LogP contribution is 2.18. The van der Waals surface area contributed by atoms with Gasteiger partial charge in [0.15, 0.2) is 6.10 Å². The van der Waals surface area contributed by atoms with Gasteiger partial charge in [-0.3, -0.25) is 0 Å². The molecular formula is C10H11NO2. The quantitative estimate of drug-likeness (QED) is 0.760. The first kappa shape index (κ1) is 9.56. The Labute approximate surface area is 77.2 Å². The second kappa shape index (κ2) is 4.48. The lowest BCUT2D eigenvalue weighted by Crippen LogP contribution is -2.09. The number of nitriles is 1. The lowest BCUT2D eigenvalue weighted by Gasteiger charge is -2.10. The maximum atomic E-state index is 8.94. The predicted octanol–water partition coefficient (Wildman–Crippen LogP) is 1.47. The minimum Gasteiger partial charge on any atom is -0.476 e. The molecule has 1 atom stereocenters. The van der Waals surface area contributed by atoms with E-state index in [2.05, 4.69) is 0 Å². The Morgan fingerprint density at radius 3 is 2.85 bits per heavy atom. The van der Waals surface area contributed by atoms with E-state index in [1.807, 2.05) is 12.1 Å². The van der Waals surface area contributed by atoms with Gasteiger partial charge in [0.2, 0.25) is 0 Å².